The SMILES string of the molecule is Cc1cccc(C(=O)O)c1N1CCN(CC(C)C)CC1. The highest BCUT2D eigenvalue weighted by atomic mass is 16.4. The summed E-state index contributed by atoms with van der Waals surface area (Å²) in [4.78, 5) is 16.1. The largest absolute Gasteiger partial charge is 0.478 e. The van der Waals surface area contributed by atoms with Gasteiger partial charge in [-0.3, -0.25) is 4.90 Å². The summed E-state index contributed by atoms with van der Waals surface area (Å²) in [5.74, 6) is -0.164. The maximum atomic E-state index is 11.4. The monoisotopic (exact) mass is 276 g/mol. The van der Waals surface area contributed by atoms with Crippen LogP contribution in [0.4, 0.5) is 5.69 Å². The molecule has 1 N–H and O–H groups in total. The fraction of sp³-hybridized carbons (Fsp3) is 0.562. The Balaban J connectivity index is 2.13. The molecule has 0 unspecified atom stereocenters. The van der Waals surface area contributed by atoms with E-state index in [0.29, 0.717) is 11.5 Å². The molecular weight excluding hydrogens is 252 g/mol. The zero-order valence-electron chi connectivity index (χ0n) is 12.6. The summed E-state index contributed by atoms with van der Waals surface area (Å²) in [6.45, 7) is 11.4. The van der Waals surface area contributed by atoms with E-state index in [4.69, 9.17) is 0 Å². The van der Waals surface area contributed by atoms with Crippen molar-refractivity contribution in [2.45, 2.75) is 20.8 Å². The first-order chi connectivity index (χ1) is 9.49. The van der Waals surface area contributed by atoms with Gasteiger partial charge in [-0.1, -0.05) is 26.0 Å². The van der Waals surface area contributed by atoms with E-state index >= 15 is 0 Å². The smallest absolute Gasteiger partial charge is 0.337 e. The Bertz CT molecular complexity index is 477. The normalized spacial score (nSPS) is 16.7. The van der Waals surface area contributed by atoms with E-state index in [0.717, 1.165) is 44.0 Å². The fourth-order valence-electron chi connectivity index (χ4n) is 2.92. The van der Waals surface area contributed by atoms with Crippen LogP contribution in [0.15, 0.2) is 18.2 Å². The summed E-state index contributed by atoms with van der Waals surface area (Å²) in [7, 11) is 0. The first-order valence-electron chi connectivity index (χ1n) is 7.29. The molecule has 0 aromatic heterocycles. The van der Waals surface area contributed by atoms with Crippen molar-refractivity contribution in [3.8, 4) is 0 Å². The molecule has 1 fully saturated rings. The standard InChI is InChI=1S/C16H24N2O2/c1-12(2)11-17-7-9-18(10-8-17)15-13(3)5-4-6-14(15)16(19)20/h4-6,12H,7-11H2,1-3H3,(H,19,20). The van der Waals surface area contributed by atoms with Crippen LogP contribution in [-0.4, -0.2) is 48.7 Å². The average Bonchev–Trinajstić information content (AvgIpc) is 2.39. The lowest BCUT2D eigenvalue weighted by Crippen LogP contribution is -2.48. The van der Waals surface area contributed by atoms with Crippen molar-refractivity contribution in [3.63, 3.8) is 0 Å². The number of benzene rings is 1. The van der Waals surface area contributed by atoms with Gasteiger partial charge >= 0.3 is 5.97 Å². The molecule has 0 amide bonds. The zero-order valence-corrected chi connectivity index (χ0v) is 12.6. The van der Waals surface area contributed by atoms with E-state index in [1.165, 1.54) is 0 Å². The van der Waals surface area contributed by atoms with Crippen LogP contribution in [0.5, 0.6) is 0 Å². The van der Waals surface area contributed by atoms with Crippen LogP contribution in [0.3, 0.4) is 0 Å². The quantitative estimate of drug-likeness (QED) is 0.917. The van der Waals surface area contributed by atoms with E-state index in [9.17, 15) is 9.90 Å². The van der Waals surface area contributed by atoms with Gasteiger partial charge in [0, 0.05) is 32.7 Å². The molecular formula is C16H24N2O2. The van der Waals surface area contributed by atoms with Crippen molar-refractivity contribution >= 4 is 11.7 Å². The number of carbonyl (C=O) groups is 1. The Morgan fingerprint density at radius 3 is 2.45 bits per heavy atom. The van der Waals surface area contributed by atoms with Crippen molar-refractivity contribution < 1.29 is 9.90 Å². The van der Waals surface area contributed by atoms with Crippen molar-refractivity contribution in [3.05, 3.63) is 29.3 Å². The van der Waals surface area contributed by atoms with Crippen molar-refractivity contribution in [1.29, 1.82) is 0 Å². The third-order valence-corrected chi connectivity index (χ3v) is 3.78. The molecule has 20 heavy (non-hydrogen) atoms. The average molecular weight is 276 g/mol. The second kappa shape index (κ2) is 6.27. The number of aromatic carboxylic acids is 1. The Labute approximate surface area is 121 Å². The molecule has 4 nitrogen and oxygen atoms in total. The van der Waals surface area contributed by atoms with Crippen molar-refractivity contribution in [2.75, 3.05) is 37.6 Å². The molecule has 0 atom stereocenters. The number of nitrogens with zero attached hydrogens (tertiary/aromatic N) is 2. The van der Waals surface area contributed by atoms with Gasteiger partial charge in [-0.15, -0.1) is 0 Å². The Hall–Kier alpha value is -1.55. The third kappa shape index (κ3) is 3.31. The lowest BCUT2D eigenvalue weighted by atomic mass is 10.1. The van der Waals surface area contributed by atoms with E-state index in [2.05, 4.69) is 23.6 Å². The predicted molar refractivity (Wildman–Crippen MR) is 81.6 cm³/mol. The number of para-hydroxylation sites is 1. The molecule has 0 radical (unpaired) electrons. The van der Waals surface area contributed by atoms with Crippen LogP contribution in [0.1, 0.15) is 29.8 Å². The van der Waals surface area contributed by atoms with Crippen LogP contribution in [0, 0.1) is 12.8 Å². The van der Waals surface area contributed by atoms with Gasteiger partial charge in [0.2, 0.25) is 0 Å². The molecule has 1 aliphatic rings. The second-order valence-corrected chi connectivity index (χ2v) is 5.96. The summed E-state index contributed by atoms with van der Waals surface area (Å²) in [6, 6.07) is 5.50. The minimum absolute atomic E-state index is 0.419. The molecule has 4 heteroatoms. The number of hydrogen-bond donors (Lipinski definition) is 1. The number of piperazine rings is 1. The number of carboxylic acid groups (broad SMARTS) is 1. The van der Waals surface area contributed by atoms with Crippen LogP contribution in [-0.2, 0) is 0 Å². The van der Waals surface area contributed by atoms with Gasteiger partial charge in [-0.2, -0.15) is 0 Å². The van der Waals surface area contributed by atoms with Gasteiger partial charge in [-0.25, -0.2) is 4.79 Å². The molecule has 2 rings (SSSR count). The summed E-state index contributed by atoms with van der Waals surface area (Å²) >= 11 is 0. The number of hydrogen-bond acceptors (Lipinski definition) is 3. The van der Waals surface area contributed by atoms with Gasteiger partial charge in [0.15, 0.2) is 0 Å². The lowest BCUT2D eigenvalue weighted by Gasteiger charge is -2.38. The third-order valence-electron chi connectivity index (χ3n) is 3.78. The predicted octanol–water partition coefficient (Wildman–Crippen LogP) is 2.47. The summed E-state index contributed by atoms with van der Waals surface area (Å²) in [5.41, 5.74) is 2.36. The summed E-state index contributed by atoms with van der Waals surface area (Å²) in [5, 5.41) is 9.35. The Kier molecular flexibility index (Phi) is 4.65. The molecule has 0 bridgehead atoms. The Morgan fingerprint density at radius 2 is 1.90 bits per heavy atom. The molecule has 0 spiro atoms. The molecule has 1 aromatic rings. The molecule has 1 saturated heterocycles. The second-order valence-electron chi connectivity index (χ2n) is 5.96. The Morgan fingerprint density at radius 1 is 1.25 bits per heavy atom. The lowest BCUT2D eigenvalue weighted by molar-refractivity contribution is 0.0697. The number of rotatable bonds is 4. The van der Waals surface area contributed by atoms with Gasteiger partial charge < -0.3 is 10.0 Å². The van der Waals surface area contributed by atoms with Gasteiger partial charge in [0.25, 0.3) is 0 Å². The van der Waals surface area contributed by atoms with Crippen molar-refractivity contribution in [2.24, 2.45) is 5.92 Å². The first kappa shape index (κ1) is 14.9. The van der Waals surface area contributed by atoms with E-state index in [-0.39, 0.29) is 0 Å². The number of anilines is 1. The van der Waals surface area contributed by atoms with Crippen LogP contribution in [0.25, 0.3) is 0 Å². The maximum Gasteiger partial charge on any atom is 0.337 e. The van der Waals surface area contributed by atoms with Crippen LogP contribution >= 0.6 is 0 Å². The molecule has 1 heterocycles. The minimum Gasteiger partial charge on any atom is -0.478 e. The fourth-order valence-corrected chi connectivity index (χ4v) is 2.92. The first-order valence-corrected chi connectivity index (χ1v) is 7.29. The molecule has 110 valence electrons. The topological polar surface area (TPSA) is 43.8 Å². The van der Waals surface area contributed by atoms with Gasteiger partial charge in [-0.05, 0) is 24.5 Å². The van der Waals surface area contributed by atoms with Crippen LogP contribution < -0.4 is 4.90 Å². The van der Waals surface area contributed by atoms with Crippen molar-refractivity contribution in [1.82, 2.24) is 4.90 Å². The molecule has 0 saturated carbocycles. The number of aryl methyl sites for hydroxylation is 1. The van der Waals surface area contributed by atoms with Crippen LogP contribution in [0.2, 0.25) is 0 Å². The highest BCUT2D eigenvalue weighted by molar-refractivity contribution is 5.95. The van der Waals surface area contributed by atoms with Gasteiger partial charge in [0.1, 0.15) is 0 Å². The van der Waals surface area contributed by atoms with E-state index in [1.54, 1.807) is 6.07 Å². The highest BCUT2D eigenvalue weighted by Gasteiger charge is 2.22. The summed E-state index contributed by atoms with van der Waals surface area (Å²) < 4.78 is 0. The summed E-state index contributed by atoms with van der Waals surface area (Å²) in [6.07, 6.45) is 0. The molecule has 1 aromatic carbocycles. The maximum absolute atomic E-state index is 11.4. The highest BCUT2D eigenvalue weighted by Crippen LogP contribution is 2.26. The van der Waals surface area contributed by atoms with E-state index in [1.807, 2.05) is 19.1 Å². The number of carboxylic acids is 1. The van der Waals surface area contributed by atoms with E-state index < -0.39 is 5.97 Å². The minimum atomic E-state index is -0.840. The molecule has 0 aliphatic carbocycles. The molecule has 1 aliphatic heterocycles. The van der Waals surface area contributed by atoms with Gasteiger partial charge in [0.05, 0.1) is 11.3 Å². The zero-order chi connectivity index (χ0) is 14.7.